The third-order valence-corrected chi connectivity index (χ3v) is 3.45. The Balaban J connectivity index is 2.43. The smallest absolute Gasteiger partial charge is 0.343 e. The summed E-state index contributed by atoms with van der Waals surface area (Å²) in [5.74, 6) is -1.63. The van der Waals surface area contributed by atoms with Crippen LogP contribution in [0.2, 0.25) is 10.0 Å². The van der Waals surface area contributed by atoms with Crippen molar-refractivity contribution >= 4 is 41.2 Å². The Bertz CT molecular complexity index is 783. The summed E-state index contributed by atoms with van der Waals surface area (Å²) < 4.78 is 5.33. The van der Waals surface area contributed by atoms with Crippen molar-refractivity contribution in [3.63, 3.8) is 0 Å². The average Bonchev–Trinajstić information content (AvgIpc) is 2.51. The van der Waals surface area contributed by atoms with Crippen LogP contribution in [0.25, 0.3) is 6.08 Å². The van der Waals surface area contributed by atoms with E-state index < -0.39 is 11.9 Å². The molecule has 6 heteroatoms. The van der Waals surface area contributed by atoms with Crippen molar-refractivity contribution in [1.29, 1.82) is 0 Å². The van der Waals surface area contributed by atoms with Gasteiger partial charge in [0.2, 0.25) is 0 Å². The molecule has 118 valence electrons. The molecule has 0 saturated heterocycles. The predicted octanol–water partition coefficient (Wildman–Crippen LogP) is 4.70. The van der Waals surface area contributed by atoms with Crippen molar-refractivity contribution in [1.82, 2.24) is 0 Å². The molecule has 0 fully saturated rings. The first kappa shape index (κ1) is 17.1. The number of carbonyl (C=O) groups excluding carboxylic acids is 1. The monoisotopic (exact) mass is 350 g/mol. The first-order valence-corrected chi connectivity index (χ1v) is 7.32. The highest BCUT2D eigenvalue weighted by molar-refractivity contribution is 6.36. The number of halogens is 2. The first-order chi connectivity index (χ1) is 10.9. The van der Waals surface area contributed by atoms with Crippen LogP contribution in [0.4, 0.5) is 0 Å². The second-order valence-electron chi connectivity index (χ2n) is 4.69. The molecular formula is C17H12Cl2O4. The molecule has 0 radical (unpaired) electrons. The molecule has 0 amide bonds. The molecule has 1 N–H and O–H groups in total. The van der Waals surface area contributed by atoms with Gasteiger partial charge >= 0.3 is 11.9 Å². The van der Waals surface area contributed by atoms with Crippen LogP contribution in [0.15, 0.2) is 48.0 Å². The summed E-state index contributed by atoms with van der Waals surface area (Å²) in [7, 11) is 0. The number of carboxylic acid groups (broad SMARTS) is 1. The molecule has 2 aromatic rings. The molecule has 0 bridgehead atoms. The molecule has 0 atom stereocenters. The summed E-state index contributed by atoms with van der Waals surface area (Å²) in [6.45, 7) is 1.42. The summed E-state index contributed by atoms with van der Waals surface area (Å²) >= 11 is 12.0. The lowest BCUT2D eigenvalue weighted by Crippen LogP contribution is -2.09. The van der Waals surface area contributed by atoms with Crippen LogP contribution < -0.4 is 4.74 Å². The first-order valence-electron chi connectivity index (χ1n) is 6.56. The van der Waals surface area contributed by atoms with Gasteiger partial charge in [-0.05, 0) is 37.3 Å². The Kier molecular flexibility index (Phi) is 5.42. The Morgan fingerprint density at radius 3 is 2.39 bits per heavy atom. The van der Waals surface area contributed by atoms with Crippen LogP contribution in [0.1, 0.15) is 22.8 Å². The molecule has 0 unspecified atom stereocenters. The normalized spacial score (nSPS) is 11.2. The average molecular weight is 351 g/mol. The van der Waals surface area contributed by atoms with Gasteiger partial charge in [-0.15, -0.1) is 0 Å². The molecule has 0 aliphatic carbocycles. The van der Waals surface area contributed by atoms with Crippen LogP contribution in [-0.2, 0) is 4.79 Å². The van der Waals surface area contributed by atoms with Crippen LogP contribution in [-0.4, -0.2) is 17.0 Å². The molecule has 23 heavy (non-hydrogen) atoms. The summed E-state index contributed by atoms with van der Waals surface area (Å²) in [6, 6.07) is 11.3. The van der Waals surface area contributed by atoms with E-state index in [-0.39, 0.29) is 16.3 Å². The van der Waals surface area contributed by atoms with Gasteiger partial charge in [0.1, 0.15) is 0 Å². The van der Waals surface area contributed by atoms with E-state index in [2.05, 4.69) is 0 Å². The van der Waals surface area contributed by atoms with E-state index in [4.69, 9.17) is 33.0 Å². The van der Waals surface area contributed by atoms with E-state index in [0.29, 0.717) is 16.1 Å². The number of carboxylic acids is 1. The predicted molar refractivity (Wildman–Crippen MR) is 89.1 cm³/mol. The molecule has 0 aliphatic rings. The Labute approximate surface area is 142 Å². The van der Waals surface area contributed by atoms with E-state index >= 15 is 0 Å². The number of benzene rings is 2. The van der Waals surface area contributed by atoms with Gasteiger partial charge in [0.05, 0.1) is 10.6 Å². The fourth-order valence-corrected chi connectivity index (χ4v) is 2.36. The Morgan fingerprint density at radius 2 is 1.78 bits per heavy atom. The summed E-state index contributed by atoms with van der Waals surface area (Å²) in [4.78, 5) is 23.2. The quantitative estimate of drug-likeness (QED) is 0.493. The van der Waals surface area contributed by atoms with Gasteiger partial charge in [-0.25, -0.2) is 9.59 Å². The number of esters is 1. The van der Waals surface area contributed by atoms with Gasteiger partial charge in [-0.2, -0.15) is 0 Å². The highest BCUT2D eigenvalue weighted by atomic mass is 35.5. The van der Waals surface area contributed by atoms with Crippen molar-refractivity contribution < 1.29 is 19.4 Å². The molecule has 0 saturated carbocycles. The summed E-state index contributed by atoms with van der Waals surface area (Å²) in [6.07, 6.45) is 1.34. The van der Waals surface area contributed by atoms with Gasteiger partial charge < -0.3 is 9.84 Å². The maximum Gasteiger partial charge on any atom is 0.343 e. The van der Waals surface area contributed by atoms with Crippen LogP contribution >= 0.6 is 23.2 Å². The van der Waals surface area contributed by atoms with Gasteiger partial charge in [0.15, 0.2) is 5.75 Å². The largest absolute Gasteiger partial charge is 0.478 e. The number of ether oxygens (including phenoxy) is 1. The fourth-order valence-electron chi connectivity index (χ4n) is 1.82. The summed E-state index contributed by atoms with van der Waals surface area (Å²) in [5, 5.41) is 9.41. The molecule has 0 heterocycles. The van der Waals surface area contributed by atoms with E-state index in [1.54, 1.807) is 30.3 Å². The molecule has 0 spiro atoms. The van der Waals surface area contributed by atoms with Crippen LogP contribution in [0.3, 0.4) is 0 Å². The highest BCUT2D eigenvalue weighted by Gasteiger charge is 2.16. The van der Waals surface area contributed by atoms with Gasteiger partial charge in [-0.1, -0.05) is 41.4 Å². The lowest BCUT2D eigenvalue weighted by Gasteiger charge is -2.11. The Hall–Kier alpha value is -2.30. The van der Waals surface area contributed by atoms with Gasteiger partial charge in [0, 0.05) is 16.2 Å². The highest BCUT2D eigenvalue weighted by Crippen LogP contribution is 2.34. The van der Waals surface area contributed by atoms with Crippen molar-refractivity contribution in [2.24, 2.45) is 0 Å². The third kappa shape index (κ3) is 4.34. The van der Waals surface area contributed by atoms with E-state index in [1.807, 2.05) is 0 Å². The minimum Gasteiger partial charge on any atom is -0.478 e. The van der Waals surface area contributed by atoms with Crippen molar-refractivity contribution in [2.75, 3.05) is 0 Å². The number of carbonyl (C=O) groups is 2. The van der Waals surface area contributed by atoms with Crippen molar-refractivity contribution in [2.45, 2.75) is 6.92 Å². The molecule has 0 aliphatic heterocycles. The fraction of sp³-hybridized carbons (Fsp3) is 0.0588. The lowest BCUT2D eigenvalue weighted by atomic mass is 10.1. The molecule has 4 nitrogen and oxygen atoms in total. The number of aliphatic carboxylic acids is 1. The van der Waals surface area contributed by atoms with Crippen molar-refractivity contribution in [3.05, 3.63) is 69.2 Å². The van der Waals surface area contributed by atoms with Crippen LogP contribution in [0.5, 0.6) is 5.75 Å². The number of hydrogen-bond acceptors (Lipinski definition) is 3. The minimum atomic E-state index is -1.10. The molecule has 2 rings (SSSR count). The topological polar surface area (TPSA) is 63.6 Å². The molecule has 2 aromatic carbocycles. The van der Waals surface area contributed by atoms with E-state index in [1.165, 1.54) is 25.1 Å². The zero-order chi connectivity index (χ0) is 17.0. The SMILES string of the molecule is C/C(=C\c1cc(Cl)cc(Cl)c1OC(=O)c1ccccc1)C(=O)O. The number of rotatable bonds is 4. The van der Waals surface area contributed by atoms with Crippen LogP contribution in [0, 0.1) is 0 Å². The molecular weight excluding hydrogens is 339 g/mol. The van der Waals surface area contributed by atoms with Crippen molar-refractivity contribution in [3.8, 4) is 5.75 Å². The standard InChI is InChI=1S/C17H12Cl2O4/c1-10(16(20)21)7-12-8-13(18)9-14(19)15(12)23-17(22)11-5-3-2-4-6-11/h2-9H,1H3,(H,20,21)/b10-7+. The molecule has 0 aromatic heterocycles. The maximum absolute atomic E-state index is 12.2. The summed E-state index contributed by atoms with van der Waals surface area (Å²) in [5.41, 5.74) is 0.718. The maximum atomic E-state index is 12.2. The van der Waals surface area contributed by atoms with Gasteiger partial charge in [0.25, 0.3) is 0 Å². The van der Waals surface area contributed by atoms with E-state index in [0.717, 1.165) is 0 Å². The van der Waals surface area contributed by atoms with Gasteiger partial charge in [-0.3, -0.25) is 0 Å². The second-order valence-corrected chi connectivity index (χ2v) is 5.54. The van der Waals surface area contributed by atoms with E-state index in [9.17, 15) is 9.59 Å². The Morgan fingerprint density at radius 1 is 1.13 bits per heavy atom. The zero-order valence-electron chi connectivity index (χ0n) is 12.0. The minimum absolute atomic E-state index is 0.0559. The zero-order valence-corrected chi connectivity index (χ0v) is 13.6. The number of hydrogen-bond donors (Lipinski definition) is 1. The third-order valence-electron chi connectivity index (χ3n) is 2.95. The lowest BCUT2D eigenvalue weighted by molar-refractivity contribution is -0.132. The second kappa shape index (κ2) is 7.31.